The Bertz CT molecular complexity index is 394. The summed E-state index contributed by atoms with van der Waals surface area (Å²) in [7, 11) is 2.08. The lowest BCUT2D eigenvalue weighted by molar-refractivity contribution is 0.608. The predicted molar refractivity (Wildman–Crippen MR) is 81.3 cm³/mol. The predicted octanol–water partition coefficient (Wildman–Crippen LogP) is 4.18. The Hall–Kier alpha value is -0.730. The molecule has 18 heavy (non-hydrogen) atoms. The summed E-state index contributed by atoms with van der Waals surface area (Å²) < 4.78 is 0. The average Bonchev–Trinajstić information content (AvgIpc) is 2.43. The van der Waals surface area contributed by atoms with Gasteiger partial charge in [0, 0.05) is 16.7 Å². The fraction of sp³-hybridized carbons (Fsp3) is 0.500. The van der Waals surface area contributed by atoms with Crippen LogP contribution in [0.3, 0.4) is 0 Å². The standard InChI is InChI=1S/C16H23NS/c1-13-8-10-15(11-9-13)18-12-16(17-2)14-6-4-3-5-7-14/h6,8-11,16-17H,3-5,7,12H2,1-2H3. The zero-order valence-corrected chi connectivity index (χ0v) is 12.2. The van der Waals surface area contributed by atoms with Crippen LogP contribution in [0.4, 0.5) is 0 Å². The molecule has 1 aliphatic rings. The largest absolute Gasteiger partial charge is 0.313 e. The van der Waals surface area contributed by atoms with E-state index in [2.05, 4.69) is 49.6 Å². The minimum absolute atomic E-state index is 0.539. The van der Waals surface area contributed by atoms with Crippen molar-refractivity contribution in [1.82, 2.24) is 5.32 Å². The SMILES string of the molecule is CNC(CSc1ccc(C)cc1)C1=CCCCC1. The quantitative estimate of drug-likeness (QED) is 0.630. The fourth-order valence-corrected chi connectivity index (χ4v) is 3.44. The van der Waals surface area contributed by atoms with Crippen molar-refractivity contribution in [2.75, 3.05) is 12.8 Å². The van der Waals surface area contributed by atoms with Crippen molar-refractivity contribution in [3.8, 4) is 0 Å². The molecule has 0 saturated heterocycles. The molecule has 0 fully saturated rings. The number of hydrogen-bond donors (Lipinski definition) is 1. The van der Waals surface area contributed by atoms with E-state index in [1.165, 1.54) is 36.1 Å². The van der Waals surface area contributed by atoms with Crippen molar-refractivity contribution in [3.63, 3.8) is 0 Å². The molecule has 1 aliphatic carbocycles. The third-order valence-electron chi connectivity index (χ3n) is 3.56. The number of nitrogens with one attached hydrogen (secondary N) is 1. The molecule has 1 aromatic rings. The lowest BCUT2D eigenvalue weighted by Crippen LogP contribution is -2.30. The Morgan fingerprint density at radius 3 is 2.61 bits per heavy atom. The summed E-state index contributed by atoms with van der Waals surface area (Å²) in [6.07, 6.45) is 7.72. The molecule has 0 amide bonds. The molecule has 0 aromatic heterocycles. The third-order valence-corrected chi connectivity index (χ3v) is 4.67. The van der Waals surface area contributed by atoms with Crippen LogP contribution in [0.25, 0.3) is 0 Å². The number of likely N-dealkylation sites (N-methyl/N-ethyl adjacent to an activating group) is 1. The van der Waals surface area contributed by atoms with Crippen LogP contribution in [-0.4, -0.2) is 18.8 Å². The minimum atomic E-state index is 0.539. The Kier molecular flexibility index (Phi) is 5.33. The van der Waals surface area contributed by atoms with Crippen molar-refractivity contribution in [3.05, 3.63) is 41.5 Å². The van der Waals surface area contributed by atoms with Gasteiger partial charge in [-0.25, -0.2) is 0 Å². The van der Waals surface area contributed by atoms with Crippen molar-refractivity contribution in [2.45, 2.75) is 43.5 Å². The zero-order valence-electron chi connectivity index (χ0n) is 11.4. The number of thioether (sulfide) groups is 1. The van der Waals surface area contributed by atoms with E-state index in [-0.39, 0.29) is 0 Å². The van der Waals surface area contributed by atoms with E-state index in [9.17, 15) is 0 Å². The van der Waals surface area contributed by atoms with E-state index in [1.54, 1.807) is 5.57 Å². The van der Waals surface area contributed by atoms with Gasteiger partial charge in [-0.1, -0.05) is 29.3 Å². The van der Waals surface area contributed by atoms with Gasteiger partial charge >= 0.3 is 0 Å². The number of allylic oxidation sites excluding steroid dienone is 1. The van der Waals surface area contributed by atoms with E-state index in [1.807, 2.05) is 11.8 Å². The highest BCUT2D eigenvalue weighted by Gasteiger charge is 2.14. The molecule has 0 radical (unpaired) electrons. The average molecular weight is 261 g/mol. The summed E-state index contributed by atoms with van der Waals surface area (Å²) in [5, 5.41) is 3.46. The van der Waals surface area contributed by atoms with E-state index in [0.29, 0.717) is 6.04 Å². The van der Waals surface area contributed by atoms with Gasteiger partial charge in [0.15, 0.2) is 0 Å². The molecular formula is C16H23NS. The summed E-state index contributed by atoms with van der Waals surface area (Å²) in [5.74, 6) is 1.13. The zero-order chi connectivity index (χ0) is 12.8. The first-order valence-corrected chi connectivity index (χ1v) is 7.84. The molecular weight excluding hydrogens is 238 g/mol. The van der Waals surface area contributed by atoms with Gasteiger partial charge in [-0.3, -0.25) is 0 Å². The van der Waals surface area contributed by atoms with Crippen molar-refractivity contribution >= 4 is 11.8 Å². The Morgan fingerprint density at radius 2 is 2.00 bits per heavy atom. The first kappa shape index (κ1) is 13.7. The molecule has 0 heterocycles. The summed E-state index contributed by atoms with van der Waals surface area (Å²) in [6, 6.07) is 9.37. The maximum absolute atomic E-state index is 3.46. The number of benzene rings is 1. The Labute approximate surface area is 115 Å². The summed E-state index contributed by atoms with van der Waals surface area (Å²) in [4.78, 5) is 1.37. The molecule has 1 unspecified atom stereocenters. The van der Waals surface area contributed by atoms with Crippen molar-refractivity contribution < 1.29 is 0 Å². The second-order valence-corrected chi connectivity index (χ2v) is 6.08. The van der Waals surface area contributed by atoms with Gasteiger partial charge in [-0.05, 0) is 51.8 Å². The van der Waals surface area contributed by atoms with Crippen LogP contribution in [0.2, 0.25) is 0 Å². The molecule has 1 atom stereocenters. The minimum Gasteiger partial charge on any atom is -0.313 e. The highest BCUT2D eigenvalue weighted by Crippen LogP contribution is 2.25. The van der Waals surface area contributed by atoms with Crippen molar-refractivity contribution in [1.29, 1.82) is 0 Å². The first-order valence-electron chi connectivity index (χ1n) is 6.85. The molecule has 1 aromatic carbocycles. The Morgan fingerprint density at radius 1 is 1.22 bits per heavy atom. The molecule has 0 aliphatic heterocycles. The summed E-state index contributed by atoms with van der Waals surface area (Å²) in [5.41, 5.74) is 2.95. The molecule has 0 saturated carbocycles. The molecule has 1 nitrogen and oxygen atoms in total. The van der Waals surface area contributed by atoms with Crippen LogP contribution in [0, 0.1) is 6.92 Å². The van der Waals surface area contributed by atoms with Crippen LogP contribution in [0.5, 0.6) is 0 Å². The highest BCUT2D eigenvalue weighted by molar-refractivity contribution is 7.99. The van der Waals surface area contributed by atoms with Gasteiger partial charge in [0.05, 0.1) is 0 Å². The highest BCUT2D eigenvalue weighted by atomic mass is 32.2. The number of aryl methyl sites for hydroxylation is 1. The molecule has 98 valence electrons. The van der Waals surface area contributed by atoms with Gasteiger partial charge in [0.2, 0.25) is 0 Å². The van der Waals surface area contributed by atoms with E-state index in [0.717, 1.165) is 5.75 Å². The smallest absolute Gasteiger partial charge is 0.0371 e. The maximum Gasteiger partial charge on any atom is 0.0371 e. The van der Waals surface area contributed by atoms with Gasteiger partial charge in [-0.2, -0.15) is 0 Å². The van der Waals surface area contributed by atoms with Crippen molar-refractivity contribution in [2.24, 2.45) is 0 Å². The Balaban J connectivity index is 1.90. The summed E-state index contributed by atoms with van der Waals surface area (Å²) >= 11 is 1.95. The fourth-order valence-electron chi connectivity index (χ4n) is 2.37. The number of hydrogen-bond acceptors (Lipinski definition) is 2. The maximum atomic E-state index is 3.46. The van der Waals surface area contributed by atoms with Crippen LogP contribution >= 0.6 is 11.8 Å². The molecule has 0 bridgehead atoms. The van der Waals surface area contributed by atoms with Crippen LogP contribution in [-0.2, 0) is 0 Å². The summed E-state index contributed by atoms with van der Waals surface area (Å²) in [6.45, 7) is 2.14. The monoisotopic (exact) mass is 261 g/mol. The van der Waals surface area contributed by atoms with Crippen LogP contribution in [0.1, 0.15) is 31.2 Å². The van der Waals surface area contributed by atoms with E-state index >= 15 is 0 Å². The molecule has 0 spiro atoms. The molecule has 1 N–H and O–H groups in total. The van der Waals surface area contributed by atoms with E-state index < -0.39 is 0 Å². The lowest BCUT2D eigenvalue weighted by Gasteiger charge is -2.22. The second kappa shape index (κ2) is 7.01. The van der Waals surface area contributed by atoms with Gasteiger partial charge in [0.25, 0.3) is 0 Å². The van der Waals surface area contributed by atoms with Crippen LogP contribution in [0.15, 0.2) is 40.8 Å². The van der Waals surface area contributed by atoms with Crippen LogP contribution < -0.4 is 5.32 Å². The molecule has 2 rings (SSSR count). The van der Waals surface area contributed by atoms with E-state index in [4.69, 9.17) is 0 Å². The number of rotatable bonds is 5. The third kappa shape index (κ3) is 3.89. The topological polar surface area (TPSA) is 12.0 Å². The van der Waals surface area contributed by atoms with Gasteiger partial charge < -0.3 is 5.32 Å². The first-order chi connectivity index (χ1) is 8.79. The lowest BCUT2D eigenvalue weighted by atomic mass is 9.95. The van der Waals surface area contributed by atoms with Gasteiger partial charge in [0.1, 0.15) is 0 Å². The normalized spacial score (nSPS) is 17.3. The van der Waals surface area contributed by atoms with Gasteiger partial charge in [-0.15, -0.1) is 11.8 Å². The second-order valence-electron chi connectivity index (χ2n) is 4.99. The molecule has 2 heteroatoms.